The van der Waals surface area contributed by atoms with Gasteiger partial charge in [-0.05, 0) is 6.42 Å². The van der Waals surface area contributed by atoms with Gasteiger partial charge in [-0.25, -0.2) is 0 Å². The third-order valence-electron chi connectivity index (χ3n) is 3.12. The maximum absolute atomic E-state index is 12.0. The van der Waals surface area contributed by atoms with Crippen molar-refractivity contribution in [2.24, 2.45) is 0 Å². The number of aryl methyl sites for hydroxylation is 1. The molecular weight excluding hydrogens is 282 g/mol. The Morgan fingerprint density at radius 2 is 2.14 bits per heavy atom. The lowest BCUT2D eigenvalue weighted by atomic mass is 10.1. The minimum Gasteiger partial charge on any atom is -0.355 e. The van der Waals surface area contributed by atoms with Crippen molar-refractivity contribution in [2.45, 2.75) is 13.0 Å². The molecule has 0 bridgehead atoms. The van der Waals surface area contributed by atoms with Crippen LogP contribution in [0.1, 0.15) is 16.9 Å². The lowest BCUT2D eigenvalue weighted by Crippen LogP contribution is -2.25. The molecule has 0 aliphatic rings. The molecule has 0 saturated heterocycles. The van der Waals surface area contributed by atoms with Crippen LogP contribution in [-0.2, 0) is 6.54 Å². The number of aromatic nitrogens is 4. The Bertz CT molecular complexity index is 721. The first-order valence-corrected chi connectivity index (χ1v) is 6.97. The summed E-state index contributed by atoms with van der Waals surface area (Å²) in [5, 5.41) is 14.2. The first kappa shape index (κ1) is 14.0. The van der Waals surface area contributed by atoms with Gasteiger partial charge in [-0.1, -0.05) is 40.7 Å². The highest BCUT2D eigenvalue weighted by atomic mass is 16.5. The van der Waals surface area contributed by atoms with Crippen LogP contribution in [0.2, 0.25) is 0 Å². The van der Waals surface area contributed by atoms with E-state index in [-0.39, 0.29) is 11.6 Å². The molecule has 22 heavy (non-hydrogen) atoms. The molecule has 0 unspecified atom stereocenters. The zero-order valence-corrected chi connectivity index (χ0v) is 11.8. The van der Waals surface area contributed by atoms with Crippen LogP contribution in [0.3, 0.4) is 0 Å². The van der Waals surface area contributed by atoms with Crippen molar-refractivity contribution in [1.29, 1.82) is 0 Å². The maximum atomic E-state index is 12.0. The fourth-order valence-electron chi connectivity index (χ4n) is 2.01. The molecule has 1 N–H and O–H groups in total. The Labute approximate surface area is 126 Å². The molecule has 1 aromatic carbocycles. The number of amides is 1. The summed E-state index contributed by atoms with van der Waals surface area (Å²) in [5.74, 6) is 0.331. The van der Waals surface area contributed by atoms with Gasteiger partial charge < -0.3 is 9.84 Å². The molecule has 2 heterocycles. The summed E-state index contributed by atoms with van der Waals surface area (Å²) in [7, 11) is 0. The van der Waals surface area contributed by atoms with E-state index in [0.29, 0.717) is 18.8 Å². The van der Waals surface area contributed by atoms with Crippen LogP contribution in [0.4, 0.5) is 0 Å². The van der Waals surface area contributed by atoms with E-state index in [0.717, 1.165) is 12.0 Å². The third kappa shape index (κ3) is 3.38. The van der Waals surface area contributed by atoms with Crippen LogP contribution in [0, 0.1) is 0 Å². The molecule has 0 saturated carbocycles. The van der Waals surface area contributed by atoms with Crippen LogP contribution in [0.5, 0.6) is 0 Å². The summed E-state index contributed by atoms with van der Waals surface area (Å²) < 4.78 is 6.92. The van der Waals surface area contributed by atoms with Crippen LogP contribution in [0.25, 0.3) is 11.3 Å². The van der Waals surface area contributed by atoms with E-state index in [2.05, 4.69) is 20.8 Å². The van der Waals surface area contributed by atoms with Gasteiger partial charge in [0.1, 0.15) is 0 Å². The molecule has 1 amide bonds. The summed E-state index contributed by atoms with van der Waals surface area (Å²) in [6.45, 7) is 1.24. The van der Waals surface area contributed by atoms with Gasteiger partial charge in [0, 0.05) is 30.9 Å². The van der Waals surface area contributed by atoms with Crippen molar-refractivity contribution in [3.8, 4) is 11.3 Å². The van der Waals surface area contributed by atoms with Crippen molar-refractivity contribution < 1.29 is 9.32 Å². The van der Waals surface area contributed by atoms with Crippen molar-refractivity contribution >= 4 is 5.91 Å². The Morgan fingerprint density at radius 3 is 2.91 bits per heavy atom. The molecule has 0 atom stereocenters. The number of nitrogens with one attached hydrogen (secondary N) is 1. The van der Waals surface area contributed by atoms with Crippen LogP contribution in [-0.4, -0.2) is 32.6 Å². The van der Waals surface area contributed by atoms with Gasteiger partial charge in [0.25, 0.3) is 5.91 Å². The number of benzene rings is 1. The Morgan fingerprint density at radius 1 is 1.27 bits per heavy atom. The van der Waals surface area contributed by atoms with E-state index >= 15 is 0 Å². The van der Waals surface area contributed by atoms with E-state index in [9.17, 15) is 4.79 Å². The van der Waals surface area contributed by atoms with Gasteiger partial charge >= 0.3 is 0 Å². The molecule has 0 spiro atoms. The summed E-state index contributed by atoms with van der Waals surface area (Å²) in [4.78, 5) is 12.0. The number of rotatable bonds is 6. The first-order valence-electron chi connectivity index (χ1n) is 6.97. The number of hydrogen-bond acceptors (Lipinski definition) is 5. The van der Waals surface area contributed by atoms with Crippen molar-refractivity contribution in [2.75, 3.05) is 6.54 Å². The maximum Gasteiger partial charge on any atom is 0.273 e. The van der Waals surface area contributed by atoms with Gasteiger partial charge in [0.2, 0.25) is 0 Å². The zero-order chi connectivity index (χ0) is 15.2. The van der Waals surface area contributed by atoms with E-state index in [4.69, 9.17) is 4.52 Å². The van der Waals surface area contributed by atoms with E-state index in [1.165, 1.54) is 0 Å². The summed E-state index contributed by atoms with van der Waals surface area (Å²) in [5.41, 5.74) is 1.17. The van der Waals surface area contributed by atoms with Crippen LogP contribution < -0.4 is 5.32 Å². The predicted molar refractivity (Wildman–Crippen MR) is 78.9 cm³/mol. The van der Waals surface area contributed by atoms with Crippen molar-refractivity contribution in [3.05, 3.63) is 54.5 Å². The second-order valence-corrected chi connectivity index (χ2v) is 4.72. The molecule has 112 valence electrons. The zero-order valence-electron chi connectivity index (χ0n) is 11.8. The molecule has 3 aromatic rings. The number of carbonyl (C=O) groups is 1. The highest BCUT2D eigenvalue weighted by Gasteiger charge is 2.12. The smallest absolute Gasteiger partial charge is 0.273 e. The molecule has 7 nitrogen and oxygen atoms in total. The molecule has 3 rings (SSSR count). The minimum absolute atomic E-state index is 0.246. The summed E-state index contributed by atoms with van der Waals surface area (Å²) in [6.07, 6.45) is 4.17. The fraction of sp³-hybridized carbons (Fsp3) is 0.200. The monoisotopic (exact) mass is 297 g/mol. The van der Waals surface area contributed by atoms with Gasteiger partial charge in [-0.2, -0.15) is 0 Å². The standard InChI is InChI=1S/C15H15N5O2/c21-15(16-7-4-9-20-10-8-17-19-20)13-11-14(22-18-13)12-5-2-1-3-6-12/h1-3,5-6,8,10-11H,4,7,9H2,(H,16,21). The SMILES string of the molecule is O=C(NCCCn1ccnn1)c1cc(-c2ccccc2)on1. The normalized spacial score (nSPS) is 10.5. The molecule has 0 aliphatic heterocycles. The van der Waals surface area contributed by atoms with Gasteiger partial charge in [-0.15, -0.1) is 5.10 Å². The predicted octanol–water partition coefficient (Wildman–Crippen LogP) is 1.75. The lowest BCUT2D eigenvalue weighted by Gasteiger charge is -2.02. The number of hydrogen-bond donors (Lipinski definition) is 1. The second-order valence-electron chi connectivity index (χ2n) is 4.72. The van der Waals surface area contributed by atoms with Crippen LogP contribution in [0.15, 0.2) is 53.3 Å². The first-order chi connectivity index (χ1) is 10.8. The molecule has 0 radical (unpaired) electrons. The van der Waals surface area contributed by atoms with E-state index < -0.39 is 0 Å². The number of nitrogens with zero attached hydrogens (tertiary/aromatic N) is 4. The highest BCUT2D eigenvalue weighted by molar-refractivity contribution is 5.93. The molecule has 2 aromatic heterocycles. The quantitative estimate of drug-likeness (QED) is 0.701. The second kappa shape index (κ2) is 6.66. The molecule has 0 aliphatic carbocycles. The Kier molecular flexibility index (Phi) is 4.24. The molecule has 0 fully saturated rings. The molecule has 7 heteroatoms. The fourth-order valence-corrected chi connectivity index (χ4v) is 2.01. The van der Waals surface area contributed by atoms with Gasteiger partial charge in [0.15, 0.2) is 11.5 Å². The van der Waals surface area contributed by atoms with Gasteiger partial charge in [0.05, 0.1) is 6.20 Å². The van der Waals surface area contributed by atoms with Crippen LogP contribution >= 0.6 is 0 Å². The minimum atomic E-state index is -0.246. The topological polar surface area (TPSA) is 85.8 Å². The van der Waals surface area contributed by atoms with Gasteiger partial charge in [-0.3, -0.25) is 9.48 Å². The van der Waals surface area contributed by atoms with E-state index in [1.54, 1.807) is 23.1 Å². The third-order valence-corrected chi connectivity index (χ3v) is 3.12. The Hall–Kier alpha value is -2.96. The number of carbonyl (C=O) groups excluding carboxylic acids is 1. The van der Waals surface area contributed by atoms with E-state index in [1.807, 2.05) is 30.3 Å². The molecular formula is C15H15N5O2. The average molecular weight is 297 g/mol. The Balaban J connectivity index is 1.51. The van der Waals surface area contributed by atoms with Crippen molar-refractivity contribution in [3.63, 3.8) is 0 Å². The summed E-state index contributed by atoms with van der Waals surface area (Å²) in [6, 6.07) is 11.2. The lowest BCUT2D eigenvalue weighted by molar-refractivity contribution is 0.0943. The average Bonchev–Trinajstić information content (AvgIpc) is 3.24. The van der Waals surface area contributed by atoms with Crippen molar-refractivity contribution in [1.82, 2.24) is 25.5 Å². The highest BCUT2D eigenvalue weighted by Crippen LogP contribution is 2.19. The summed E-state index contributed by atoms with van der Waals surface area (Å²) >= 11 is 0. The largest absolute Gasteiger partial charge is 0.355 e.